The number of hydrogen-bond acceptors (Lipinski definition) is 5. The van der Waals surface area contributed by atoms with Crippen molar-refractivity contribution in [1.82, 2.24) is 24.5 Å². The Morgan fingerprint density at radius 1 is 0.865 bits per heavy atom. The molecule has 0 saturated carbocycles. The maximum Gasteiger partial charge on any atom is 0.257 e. The predicted octanol–water partition coefficient (Wildman–Crippen LogP) is 2.59. The maximum absolute atomic E-state index is 13.7. The van der Waals surface area contributed by atoms with Crippen LogP contribution in [0.25, 0.3) is 16.9 Å². The second-order valence-corrected chi connectivity index (χ2v) is 9.54. The van der Waals surface area contributed by atoms with Gasteiger partial charge in [0.05, 0.1) is 11.3 Å². The Bertz CT molecular complexity index is 1360. The van der Waals surface area contributed by atoms with Gasteiger partial charge in [-0.3, -0.25) is 24.1 Å². The standard InChI is InChI=1S/C28H29N5O4/c1-19-8-9-22(20(2)16-19)27-23(17-33(29-27)21-6-4-3-5-7-21)28(37)31-14-12-30(13-15-31)26(36)18-32-24(34)10-11-25(32)35/h3-9,16-17H,10-15,18H2,1-2H3. The van der Waals surface area contributed by atoms with Gasteiger partial charge in [0.25, 0.3) is 5.91 Å². The summed E-state index contributed by atoms with van der Waals surface area (Å²) in [7, 11) is 0. The maximum atomic E-state index is 13.7. The molecule has 0 radical (unpaired) electrons. The molecule has 2 saturated heterocycles. The lowest BCUT2D eigenvalue weighted by atomic mass is 10.00. The highest BCUT2D eigenvalue weighted by molar-refractivity contribution is 6.04. The van der Waals surface area contributed by atoms with Crippen molar-refractivity contribution in [2.45, 2.75) is 26.7 Å². The molecule has 0 atom stereocenters. The van der Waals surface area contributed by atoms with Crippen molar-refractivity contribution < 1.29 is 19.2 Å². The number of likely N-dealkylation sites (tertiary alicyclic amines) is 1. The molecule has 0 N–H and O–H groups in total. The van der Waals surface area contributed by atoms with Crippen molar-refractivity contribution >= 4 is 23.6 Å². The minimum Gasteiger partial charge on any atom is -0.338 e. The number of amides is 4. The quantitative estimate of drug-likeness (QED) is 0.503. The van der Waals surface area contributed by atoms with E-state index in [1.54, 1.807) is 20.7 Å². The molecule has 5 rings (SSSR count). The Balaban J connectivity index is 1.35. The van der Waals surface area contributed by atoms with Gasteiger partial charge in [0.15, 0.2) is 0 Å². The third kappa shape index (κ3) is 4.89. The highest BCUT2D eigenvalue weighted by Crippen LogP contribution is 2.29. The van der Waals surface area contributed by atoms with E-state index in [0.29, 0.717) is 37.4 Å². The molecule has 1 aromatic heterocycles. The molecule has 0 bridgehead atoms. The first kappa shape index (κ1) is 24.4. The smallest absolute Gasteiger partial charge is 0.257 e. The van der Waals surface area contributed by atoms with E-state index in [1.165, 1.54) is 0 Å². The Morgan fingerprint density at radius 3 is 2.16 bits per heavy atom. The van der Waals surface area contributed by atoms with Crippen LogP contribution < -0.4 is 0 Å². The van der Waals surface area contributed by atoms with Crippen LogP contribution in [0.15, 0.2) is 54.7 Å². The monoisotopic (exact) mass is 499 g/mol. The number of nitrogens with zero attached hydrogens (tertiary/aromatic N) is 5. The largest absolute Gasteiger partial charge is 0.338 e. The summed E-state index contributed by atoms with van der Waals surface area (Å²) >= 11 is 0. The van der Waals surface area contributed by atoms with Crippen molar-refractivity contribution in [3.8, 4) is 16.9 Å². The van der Waals surface area contributed by atoms with Gasteiger partial charge in [0.2, 0.25) is 17.7 Å². The van der Waals surface area contributed by atoms with Gasteiger partial charge < -0.3 is 9.80 Å². The van der Waals surface area contributed by atoms with Crippen LogP contribution in [0.3, 0.4) is 0 Å². The van der Waals surface area contributed by atoms with E-state index in [0.717, 1.165) is 27.3 Å². The first-order valence-electron chi connectivity index (χ1n) is 12.4. The van der Waals surface area contributed by atoms with Gasteiger partial charge in [0.1, 0.15) is 12.2 Å². The SMILES string of the molecule is Cc1ccc(-c2nn(-c3ccccc3)cc2C(=O)N2CCN(C(=O)CN3C(=O)CCC3=O)CC2)c(C)c1. The third-order valence-corrected chi connectivity index (χ3v) is 6.97. The molecule has 9 nitrogen and oxygen atoms in total. The molecule has 0 aliphatic carbocycles. The number of carbonyl (C=O) groups is 4. The van der Waals surface area contributed by atoms with Crippen LogP contribution in [0.2, 0.25) is 0 Å². The lowest BCUT2D eigenvalue weighted by Crippen LogP contribution is -2.53. The minimum absolute atomic E-state index is 0.144. The molecule has 2 aliphatic heterocycles. The number of piperazine rings is 1. The van der Waals surface area contributed by atoms with Crippen LogP contribution in [0.4, 0.5) is 0 Å². The van der Waals surface area contributed by atoms with E-state index in [-0.39, 0.29) is 43.0 Å². The van der Waals surface area contributed by atoms with Crippen molar-refractivity contribution in [1.29, 1.82) is 0 Å². The van der Waals surface area contributed by atoms with E-state index in [2.05, 4.69) is 6.07 Å². The van der Waals surface area contributed by atoms with E-state index >= 15 is 0 Å². The van der Waals surface area contributed by atoms with Gasteiger partial charge in [-0.05, 0) is 31.5 Å². The molecule has 4 amide bonds. The lowest BCUT2D eigenvalue weighted by molar-refractivity contribution is -0.146. The van der Waals surface area contributed by atoms with Gasteiger partial charge in [-0.15, -0.1) is 0 Å². The fourth-order valence-electron chi connectivity index (χ4n) is 4.89. The lowest BCUT2D eigenvalue weighted by Gasteiger charge is -2.35. The molecule has 190 valence electrons. The third-order valence-electron chi connectivity index (χ3n) is 6.97. The summed E-state index contributed by atoms with van der Waals surface area (Å²) in [5.74, 6) is -1.03. The molecular weight excluding hydrogens is 470 g/mol. The molecule has 0 unspecified atom stereocenters. The number of rotatable bonds is 5. The Labute approximate surface area is 215 Å². The summed E-state index contributed by atoms with van der Waals surface area (Å²) < 4.78 is 1.73. The van der Waals surface area contributed by atoms with Gasteiger partial charge in [-0.25, -0.2) is 4.68 Å². The van der Waals surface area contributed by atoms with Crippen molar-refractivity contribution in [2.24, 2.45) is 0 Å². The highest BCUT2D eigenvalue weighted by atomic mass is 16.2. The number of para-hydroxylation sites is 1. The molecule has 2 aromatic carbocycles. The van der Waals surface area contributed by atoms with Crippen LogP contribution >= 0.6 is 0 Å². The fourth-order valence-corrected chi connectivity index (χ4v) is 4.89. The molecule has 37 heavy (non-hydrogen) atoms. The normalized spacial score (nSPS) is 16.0. The van der Waals surface area contributed by atoms with Gasteiger partial charge in [-0.1, -0.05) is 42.0 Å². The first-order chi connectivity index (χ1) is 17.8. The average molecular weight is 500 g/mol. The predicted molar refractivity (Wildman–Crippen MR) is 137 cm³/mol. The molecular formula is C28H29N5O4. The number of benzene rings is 2. The van der Waals surface area contributed by atoms with E-state index < -0.39 is 0 Å². The summed E-state index contributed by atoms with van der Waals surface area (Å²) in [6.45, 7) is 5.20. The summed E-state index contributed by atoms with van der Waals surface area (Å²) in [5, 5.41) is 4.81. The second kappa shape index (κ2) is 10.0. The number of hydrogen-bond donors (Lipinski definition) is 0. The fraction of sp³-hybridized carbons (Fsp3) is 0.321. The zero-order valence-corrected chi connectivity index (χ0v) is 21.0. The van der Waals surface area contributed by atoms with Gasteiger partial charge in [0, 0.05) is 50.8 Å². The zero-order valence-electron chi connectivity index (χ0n) is 21.0. The summed E-state index contributed by atoms with van der Waals surface area (Å²) in [6, 6.07) is 15.7. The van der Waals surface area contributed by atoms with E-state index in [4.69, 9.17) is 5.10 Å². The topological polar surface area (TPSA) is 95.8 Å². The molecule has 9 heteroatoms. The Morgan fingerprint density at radius 2 is 1.51 bits per heavy atom. The highest BCUT2D eigenvalue weighted by Gasteiger charge is 2.33. The average Bonchev–Trinajstić information content (AvgIpc) is 3.48. The van der Waals surface area contributed by atoms with Crippen LogP contribution in [0.5, 0.6) is 0 Å². The van der Waals surface area contributed by atoms with Crippen molar-refractivity contribution in [3.63, 3.8) is 0 Å². The molecule has 2 fully saturated rings. The Kier molecular flexibility index (Phi) is 6.60. The van der Waals surface area contributed by atoms with Gasteiger partial charge in [-0.2, -0.15) is 5.10 Å². The second-order valence-electron chi connectivity index (χ2n) is 9.54. The van der Waals surface area contributed by atoms with Crippen LogP contribution in [0, 0.1) is 13.8 Å². The van der Waals surface area contributed by atoms with Crippen molar-refractivity contribution in [3.05, 3.63) is 71.4 Å². The van der Waals surface area contributed by atoms with E-state index in [1.807, 2.05) is 56.3 Å². The van der Waals surface area contributed by atoms with E-state index in [9.17, 15) is 19.2 Å². The first-order valence-corrected chi connectivity index (χ1v) is 12.4. The zero-order chi connectivity index (χ0) is 26.1. The Hall–Kier alpha value is -4.27. The van der Waals surface area contributed by atoms with Crippen molar-refractivity contribution in [2.75, 3.05) is 32.7 Å². The van der Waals surface area contributed by atoms with Gasteiger partial charge >= 0.3 is 0 Å². The molecule has 0 spiro atoms. The number of carbonyl (C=O) groups excluding carboxylic acids is 4. The van der Waals surface area contributed by atoms with Crippen LogP contribution in [-0.4, -0.2) is 80.8 Å². The number of aromatic nitrogens is 2. The summed E-state index contributed by atoms with van der Waals surface area (Å²) in [5.41, 5.74) is 5.05. The molecule has 3 aromatic rings. The van der Waals surface area contributed by atoms with Crippen LogP contribution in [-0.2, 0) is 14.4 Å². The number of aryl methyl sites for hydroxylation is 2. The van der Waals surface area contributed by atoms with Crippen LogP contribution in [0.1, 0.15) is 34.3 Å². The molecule has 3 heterocycles. The summed E-state index contributed by atoms with van der Waals surface area (Å²) in [6.07, 6.45) is 2.09. The molecule has 2 aliphatic rings. The summed E-state index contributed by atoms with van der Waals surface area (Å²) in [4.78, 5) is 54.6. The minimum atomic E-state index is -0.304. The number of imide groups is 1.